The minimum atomic E-state index is -0.555. The van der Waals surface area contributed by atoms with Gasteiger partial charge in [-0.05, 0) is 61.1 Å². The van der Waals surface area contributed by atoms with E-state index in [0.29, 0.717) is 22.6 Å². The van der Waals surface area contributed by atoms with E-state index in [4.69, 9.17) is 23.2 Å². The van der Waals surface area contributed by atoms with Crippen molar-refractivity contribution in [1.29, 1.82) is 0 Å². The molecule has 2 aromatic rings. The predicted molar refractivity (Wildman–Crippen MR) is 119 cm³/mol. The second kappa shape index (κ2) is 6.96. The minimum Gasteiger partial charge on any atom is -0.506 e. The number of carbonyl (C=O) groups excluding carboxylic acids is 1. The number of phenols is 1. The first-order chi connectivity index (χ1) is 13.6. The normalized spacial score (nSPS) is 20.3. The minimum absolute atomic E-state index is 0.0537. The van der Waals surface area contributed by atoms with Gasteiger partial charge in [-0.3, -0.25) is 4.79 Å². The van der Waals surface area contributed by atoms with E-state index in [2.05, 4.69) is 43.5 Å². The van der Waals surface area contributed by atoms with E-state index in [9.17, 15) is 9.90 Å². The zero-order chi connectivity index (χ0) is 21.1. The third-order valence-electron chi connectivity index (χ3n) is 5.80. The maximum absolute atomic E-state index is 13.3. The zero-order valence-electron chi connectivity index (χ0n) is 16.9. The Morgan fingerprint density at radius 2 is 1.69 bits per heavy atom. The van der Waals surface area contributed by atoms with Crippen LogP contribution < -0.4 is 10.6 Å². The highest BCUT2D eigenvalue weighted by atomic mass is 35.5. The van der Waals surface area contributed by atoms with Crippen molar-refractivity contribution in [2.75, 3.05) is 10.6 Å². The summed E-state index contributed by atoms with van der Waals surface area (Å²) < 4.78 is 0. The monoisotopic (exact) mass is 430 g/mol. The Hall–Kier alpha value is -2.17. The molecule has 1 heterocycles. The summed E-state index contributed by atoms with van der Waals surface area (Å²) in [5.74, 6) is -0.0108. The Labute approximate surface area is 180 Å². The number of carbonyl (C=O) groups is 1. The van der Waals surface area contributed by atoms with E-state index < -0.39 is 6.04 Å². The summed E-state index contributed by atoms with van der Waals surface area (Å²) in [6.45, 7) is 8.30. The van der Waals surface area contributed by atoms with Crippen LogP contribution in [0.2, 0.25) is 10.0 Å². The van der Waals surface area contributed by atoms with Crippen LogP contribution in [0.15, 0.2) is 35.5 Å². The summed E-state index contributed by atoms with van der Waals surface area (Å²) in [6, 6.07) is 6.76. The van der Waals surface area contributed by atoms with Crippen molar-refractivity contribution in [2.45, 2.75) is 46.6 Å². The fraction of sp³-hybridized carbons (Fsp3) is 0.348. The van der Waals surface area contributed by atoms with E-state index in [1.165, 1.54) is 6.07 Å². The van der Waals surface area contributed by atoms with Crippen LogP contribution >= 0.6 is 23.2 Å². The van der Waals surface area contributed by atoms with Crippen LogP contribution in [0.1, 0.15) is 49.4 Å². The number of hydrogen-bond donors (Lipinski definition) is 3. The summed E-state index contributed by atoms with van der Waals surface area (Å²) >= 11 is 12.4. The van der Waals surface area contributed by atoms with Crippen LogP contribution in [0.25, 0.3) is 0 Å². The number of allylic oxidation sites excluding steroid dienone is 1. The van der Waals surface area contributed by atoms with Crippen molar-refractivity contribution < 1.29 is 9.90 Å². The average Bonchev–Trinajstić information content (AvgIpc) is 2.74. The molecule has 0 bridgehead atoms. The molecule has 2 aromatic carbocycles. The summed E-state index contributed by atoms with van der Waals surface area (Å²) in [5, 5.41) is 18.3. The topological polar surface area (TPSA) is 61.4 Å². The molecule has 0 saturated carbocycles. The molecule has 4 rings (SSSR count). The Balaban J connectivity index is 1.97. The first-order valence-corrected chi connectivity index (χ1v) is 10.4. The van der Waals surface area contributed by atoms with Crippen molar-refractivity contribution >= 4 is 40.4 Å². The summed E-state index contributed by atoms with van der Waals surface area (Å²) in [7, 11) is 0. The van der Waals surface area contributed by atoms with Gasteiger partial charge in [-0.2, -0.15) is 0 Å². The standard InChI is InChI=1S/C23H24Cl2N2O2/c1-11-5-16-17(6-12(11)2)27-21(14-7-13(24)8-15(25)22(14)29)20-18(26-16)9-23(3,4)10-19(20)28/h5-8,21,26-27,29H,9-10H2,1-4H3/t21-/m0/s1. The maximum Gasteiger partial charge on any atom is 0.163 e. The lowest BCUT2D eigenvalue weighted by Gasteiger charge is -2.34. The van der Waals surface area contributed by atoms with Crippen LogP contribution in [-0.2, 0) is 4.79 Å². The molecular weight excluding hydrogens is 407 g/mol. The number of aromatic hydroxyl groups is 1. The molecule has 4 nitrogen and oxygen atoms in total. The number of fused-ring (bicyclic) bond motifs is 1. The second-order valence-electron chi connectivity index (χ2n) is 8.84. The quantitative estimate of drug-likeness (QED) is 0.480. The van der Waals surface area contributed by atoms with Gasteiger partial charge in [0.05, 0.1) is 22.4 Å². The number of rotatable bonds is 1. The second-order valence-corrected chi connectivity index (χ2v) is 9.69. The van der Waals surface area contributed by atoms with Crippen molar-refractivity contribution in [1.82, 2.24) is 0 Å². The van der Waals surface area contributed by atoms with Gasteiger partial charge in [0.1, 0.15) is 5.75 Å². The van der Waals surface area contributed by atoms with Crippen molar-refractivity contribution in [3.05, 3.63) is 62.3 Å². The molecule has 0 radical (unpaired) electrons. The smallest absolute Gasteiger partial charge is 0.163 e. The van der Waals surface area contributed by atoms with E-state index in [-0.39, 0.29) is 22.0 Å². The van der Waals surface area contributed by atoms with Crippen LogP contribution in [-0.4, -0.2) is 10.9 Å². The highest BCUT2D eigenvalue weighted by Gasteiger charge is 2.39. The molecule has 3 N–H and O–H groups in total. The Kier molecular flexibility index (Phi) is 4.83. The van der Waals surface area contributed by atoms with E-state index >= 15 is 0 Å². The summed E-state index contributed by atoms with van der Waals surface area (Å²) in [5.41, 5.74) is 5.94. The molecule has 1 aliphatic heterocycles. The molecule has 6 heteroatoms. The molecule has 29 heavy (non-hydrogen) atoms. The lowest BCUT2D eigenvalue weighted by Crippen LogP contribution is -2.31. The number of hydrogen-bond acceptors (Lipinski definition) is 4. The molecule has 0 spiro atoms. The number of benzene rings is 2. The maximum atomic E-state index is 13.3. The third kappa shape index (κ3) is 3.60. The molecule has 0 saturated heterocycles. The Morgan fingerprint density at radius 3 is 2.38 bits per heavy atom. The predicted octanol–water partition coefficient (Wildman–Crippen LogP) is 6.54. The van der Waals surface area contributed by atoms with Gasteiger partial charge in [0.25, 0.3) is 0 Å². The Morgan fingerprint density at radius 1 is 1.03 bits per heavy atom. The van der Waals surface area contributed by atoms with Crippen LogP contribution in [0, 0.1) is 19.3 Å². The number of phenolic OH excluding ortho intramolecular Hbond substituents is 1. The molecule has 1 aliphatic carbocycles. The molecule has 2 aliphatic rings. The van der Waals surface area contributed by atoms with Gasteiger partial charge < -0.3 is 15.7 Å². The number of nitrogens with one attached hydrogen (secondary N) is 2. The summed E-state index contributed by atoms with van der Waals surface area (Å²) in [4.78, 5) is 13.3. The average molecular weight is 431 g/mol. The Bertz CT molecular complexity index is 1070. The van der Waals surface area contributed by atoms with Gasteiger partial charge in [-0.25, -0.2) is 0 Å². The fourth-order valence-corrected chi connectivity index (χ4v) is 4.76. The van der Waals surface area contributed by atoms with Gasteiger partial charge in [0, 0.05) is 28.3 Å². The van der Waals surface area contributed by atoms with Gasteiger partial charge in [0.15, 0.2) is 5.78 Å². The van der Waals surface area contributed by atoms with Crippen molar-refractivity contribution in [3.63, 3.8) is 0 Å². The number of Topliss-reactive ketones (excluding diaryl/α,β-unsaturated/α-hetero) is 1. The number of anilines is 2. The third-order valence-corrected chi connectivity index (χ3v) is 6.30. The van der Waals surface area contributed by atoms with Crippen LogP contribution in [0.4, 0.5) is 11.4 Å². The first kappa shape index (κ1) is 20.1. The van der Waals surface area contributed by atoms with Crippen LogP contribution in [0.3, 0.4) is 0 Å². The zero-order valence-corrected chi connectivity index (χ0v) is 18.4. The van der Waals surface area contributed by atoms with Gasteiger partial charge in [-0.15, -0.1) is 0 Å². The highest BCUT2D eigenvalue weighted by Crippen LogP contribution is 2.48. The number of halogens is 2. The van der Waals surface area contributed by atoms with Gasteiger partial charge in [0.2, 0.25) is 0 Å². The highest BCUT2D eigenvalue weighted by molar-refractivity contribution is 6.35. The molecule has 0 unspecified atom stereocenters. The van der Waals surface area contributed by atoms with Crippen molar-refractivity contribution in [3.8, 4) is 5.75 Å². The molecule has 152 valence electrons. The van der Waals surface area contributed by atoms with E-state index in [1.54, 1.807) is 6.07 Å². The van der Waals surface area contributed by atoms with Crippen LogP contribution in [0.5, 0.6) is 5.75 Å². The summed E-state index contributed by atoms with van der Waals surface area (Å²) in [6.07, 6.45) is 1.17. The lowest BCUT2D eigenvalue weighted by molar-refractivity contribution is -0.118. The SMILES string of the molecule is Cc1cc2c(cc1C)N[C@@H](c1cc(Cl)cc(Cl)c1O)C1=C(CC(C)(C)CC1=O)N2. The number of aryl methyl sites for hydroxylation is 2. The lowest BCUT2D eigenvalue weighted by atomic mass is 9.73. The van der Waals surface area contributed by atoms with E-state index in [0.717, 1.165) is 34.6 Å². The van der Waals surface area contributed by atoms with Crippen molar-refractivity contribution in [2.24, 2.45) is 5.41 Å². The largest absolute Gasteiger partial charge is 0.506 e. The molecular formula is C23H24Cl2N2O2. The molecule has 0 fully saturated rings. The molecule has 0 amide bonds. The van der Waals surface area contributed by atoms with E-state index in [1.807, 2.05) is 6.92 Å². The number of ketones is 1. The molecule has 0 aromatic heterocycles. The van der Waals surface area contributed by atoms with Gasteiger partial charge in [-0.1, -0.05) is 37.0 Å². The first-order valence-electron chi connectivity index (χ1n) is 9.65. The molecule has 1 atom stereocenters. The van der Waals surface area contributed by atoms with Gasteiger partial charge >= 0.3 is 0 Å². The fourth-order valence-electron chi connectivity index (χ4n) is 4.25.